The van der Waals surface area contributed by atoms with E-state index in [-0.39, 0.29) is 11.6 Å². The molecule has 0 amide bonds. The van der Waals surface area contributed by atoms with E-state index in [1.54, 1.807) is 24.3 Å². The number of thiazole rings is 1. The first kappa shape index (κ1) is 17.3. The molecule has 1 N–H and O–H groups in total. The third kappa shape index (κ3) is 3.32. The first-order chi connectivity index (χ1) is 11.4. The first-order valence-electron chi connectivity index (χ1n) is 7.36. The molecule has 1 aromatic heterocycles. The van der Waals surface area contributed by atoms with Crippen LogP contribution in [0.4, 0.5) is 0 Å². The number of carboxylic acids is 1. The Hall–Kier alpha value is -1.48. The van der Waals surface area contributed by atoms with Crippen LogP contribution in [0.3, 0.4) is 0 Å². The van der Waals surface area contributed by atoms with Crippen LogP contribution in [0.2, 0.25) is 5.02 Å². The van der Waals surface area contributed by atoms with Crippen molar-refractivity contribution in [2.45, 2.75) is 30.3 Å². The van der Waals surface area contributed by atoms with Gasteiger partial charge in [0.25, 0.3) is 10.0 Å². The number of aliphatic carboxylic acids is 1. The fraction of sp³-hybridized carbons (Fsp3) is 0.333. The van der Waals surface area contributed by atoms with Crippen molar-refractivity contribution in [1.82, 2.24) is 9.29 Å². The number of carboxylic acid groups (broad SMARTS) is 1. The highest BCUT2D eigenvalue weighted by Gasteiger charge is 2.38. The van der Waals surface area contributed by atoms with Gasteiger partial charge in [0, 0.05) is 22.5 Å². The van der Waals surface area contributed by atoms with E-state index in [2.05, 4.69) is 4.98 Å². The minimum atomic E-state index is -3.93. The molecule has 24 heavy (non-hydrogen) atoms. The minimum Gasteiger partial charge on any atom is -0.480 e. The lowest BCUT2D eigenvalue weighted by molar-refractivity contribution is -0.142. The maximum Gasteiger partial charge on any atom is 0.322 e. The molecule has 9 heteroatoms. The zero-order chi connectivity index (χ0) is 17.3. The zero-order valence-electron chi connectivity index (χ0n) is 12.6. The molecule has 1 aromatic carbocycles. The minimum absolute atomic E-state index is 0.106. The van der Waals surface area contributed by atoms with Crippen molar-refractivity contribution in [2.24, 2.45) is 0 Å². The Morgan fingerprint density at radius 3 is 2.67 bits per heavy atom. The van der Waals surface area contributed by atoms with Gasteiger partial charge < -0.3 is 5.11 Å². The third-order valence-corrected chi connectivity index (χ3v) is 6.97. The van der Waals surface area contributed by atoms with Gasteiger partial charge in [0.2, 0.25) is 0 Å². The lowest BCUT2D eigenvalue weighted by atomic mass is 10.1. The summed E-state index contributed by atoms with van der Waals surface area (Å²) in [5, 5.41) is 11.8. The number of halogens is 1. The summed E-state index contributed by atoms with van der Waals surface area (Å²) in [6, 6.07) is 5.91. The summed E-state index contributed by atoms with van der Waals surface area (Å²) >= 11 is 7.05. The normalized spacial score (nSPS) is 19.3. The average Bonchev–Trinajstić information content (AvgIpc) is 3.06. The molecule has 1 aliphatic rings. The second kappa shape index (κ2) is 6.79. The van der Waals surface area contributed by atoms with E-state index in [1.165, 1.54) is 16.7 Å². The van der Waals surface area contributed by atoms with Gasteiger partial charge in [-0.2, -0.15) is 4.31 Å². The maximum absolute atomic E-state index is 12.8. The van der Waals surface area contributed by atoms with Gasteiger partial charge in [-0.1, -0.05) is 23.7 Å². The van der Waals surface area contributed by atoms with Crippen molar-refractivity contribution < 1.29 is 18.3 Å². The Morgan fingerprint density at radius 1 is 1.29 bits per heavy atom. The highest BCUT2D eigenvalue weighted by molar-refractivity contribution is 7.89. The zero-order valence-corrected chi connectivity index (χ0v) is 14.9. The van der Waals surface area contributed by atoms with Gasteiger partial charge in [0.15, 0.2) is 5.03 Å². The molecule has 0 saturated carbocycles. The highest BCUT2D eigenvalue weighted by atomic mass is 35.5. The Labute approximate surface area is 148 Å². The van der Waals surface area contributed by atoms with E-state index in [0.29, 0.717) is 29.3 Å². The monoisotopic (exact) mass is 386 g/mol. The molecule has 1 unspecified atom stereocenters. The van der Waals surface area contributed by atoms with E-state index in [4.69, 9.17) is 11.6 Å². The molecule has 1 aliphatic heterocycles. The molecule has 3 rings (SSSR count). The lowest BCUT2D eigenvalue weighted by Gasteiger charge is -2.31. The van der Waals surface area contributed by atoms with Crippen molar-refractivity contribution in [3.05, 3.63) is 34.7 Å². The quantitative estimate of drug-likeness (QED) is 0.872. The topological polar surface area (TPSA) is 87.6 Å². The molecule has 0 bridgehead atoms. The molecule has 2 heterocycles. The molecule has 1 atom stereocenters. The molecule has 6 nitrogen and oxygen atoms in total. The summed E-state index contributed by atoms with van der Waals surface area (Å²) in [7, 11) is -3.93. The predicted octanol–water partition coefficient (Wildman–Crippen LogP) is 3.09. The van der Waals surface area contributed by atoms with Crippen LogP contribution in [0, 0.1) is 0 Å². The van der Waals surface area contributed by atoms with Crippen molar-refractivity contribution in [2.75, 3.05) is 6.54 Å². The van der Waals surface area contributed by atoms with Crippen molar-refractivity contribution in [3.63, 3.8) is 0 Å². The number of hydrogen-bond donors (Lipinski definition) is 1. The van der Waals surface area contributed by atoms with Crippen LogP contribution in [-0.4, -0.2) is 41.4 Å². The van der Waals surface area contributed by atoms with Gasteiger partial charge in [0.1, 0.15) is 11.0 Å². The molecule has 128 valence electrons. The Bertz CT molecular complexity index is 849. The Balaban J connectivity index is 1.93. The number of piperidine rings is 1. The van der Waals surface area contributed by atoms with Gasteiger partial charge >= 0.3 is 5.97 Å². The highest BCUT2D eigenvalue weighted by Crippen LogP contribution is 2.30. The molecule has 0 aliphatic carbocycles. The summed E-state index contributed by atoms with van der Waals surface area (Å²) in [6.45, 7) is 0.201. The second-order valence-corrected chi connectivity index (χ2v) is 8.60. The summed E-state index contributed by atoms with van der Waals surface area (Å²) in [5.74, 6) is -1.12. The van der Waals surface area contributed by atoms with Crippen LogP contribution < -0.4 is 0 Å². The van der Waals surface area contributed by atoms with Crippen LogP contribution in [0.5, 0.6) is 0 Å². The third-order valence-electron chi connectivity index (χ3n) is 3.89. The number of benzene rings is 1. The summed E-state index contributed by atoms with van der Waals surface area (Å²) in [5.41, 5.74) is 0.763. The van der Waals surface area contributed by atoms with Gasteiger partial charge in [-0.3, -0.25) is 4.79 Å². The smallest absolute Gasteiger partial charge is 0.322 e. The SMILES string of the molecule is O=C(O)C1CCCCN1S(=O)(=O)c1csc(-c2ccc(Cl)cc2)n1. The molecule has 0 radical (unpaired) electrons. The standard InChI is InChI=1S/C15H15ClN2O4S2/c16-11-6-4-10(5-7-11)14-17-13(9-23-14)24(21,22)18-8-2-1-3-12(18)15(19)20/h4-7,9,12H,1-3,8H2,(H,19,20). The Kier molecular flexibility index (Phi) is 4.91. The number of nitrogens with zero attached hydrogens (tertiary/aromatic N) is 2. The summed E-state index contributed by atoms with van der Waals surface area (Å²) in [4.78, 5) is 15.6. The van der Waals surface area contributed by atoms with Gasteiger partial charge in [-0.15, -0.1) is 11.3 Å². The first-order valence-corrected chi connectivity index (χ1v) is 10.1. The number of carbonyl (C=O) groups is 1. The van der Waals surface area contributed by atoms with E-state index in [1.807, 2.05) is 0 Å². The molecule has 1 fully saturated rings. The Morgan fingerprint density at radius 2 is 2.00 bits per heavy atom. The number of hydrogen-bond acceptors (Lipinski definition) is 5. The molecular weight excluding hydrogens is 372 g/mol. The van der Waals surface area contributed by atoms with Gasteiger partial charge in [0.05, 0.1) is 0 Å². The molecule has 1 saturated heterocycles. The van der Waals surface area contributed by atoms with Crippen molar-refractivity contribution >= 4 is 38.9 Å². The van der Waals surface area contributed by atoms with Crippen molar-refractivity contribution in [3.8, 4) is 10.6 Å². The average molecular weight is 387 g/mol. The predicted molar refractivity (Wildman–Crippen MR) is 91.7 cm³/mol. The molecule has 2 aromatic rings. The largest absolute Gasteiger partial charge is 0.480 e. The fourth-order valence-corrected chi connectivity index (χ4v) is 5.51. The van der Waals surface area contributed by atoms with Crippen LogP contribution in [0.25, 0.3) is 10.6 Å². The van der Waals surface area contributed by atoms with Gasteiger partial charge in [-0.25, -0.2) is 13.4 Å². The van der Waals surface area contributed by atoms with E-state index in [9.17, 15) is 18.3 Å². The number of sulfonamides is 1. The molecule has 0 spiro atoms. The summed E-state index contributed by atoms with van der Waals surface area (Å²) < 4.78 is 26.6. The summed E-state index contributed by atoms with van der Waals surface area (Å²) in [6.07, 6.45) is 1.68. The van der Waals surface area contributed by atoms with Crippen LogP contribution >= 0.6 is 22.9 Å². The second-order valence-electron chi connectivity index (χ2n) is 5.46. The van der Waals surface area contributed by atoms with E-state index < -0.39 is 22.0 Å². The van der Waals surface area contributed by atoms with Crippen LogP contribution in [-0.2, 0) is 14.8 Å². The lowest BCUT2D eigenvalue weighted by Crippen LogP contribution is -2.47. The maximum atomic E-state index is 12.8. The van der Waals surface area contributed by atoms with E-state index >= 15 is 0 Å². The van der Waals surface area contributed by atoms with E-state index in [0.717, 1.165) is 9.87 Å². The van der Waals surface area contributed by atoms with Gasteiger partial charge in [-0.05, 0) is 31.4 Å². The number of rotatable bonds is 4. The van der Waals surface area contributed by atoms with Crippen molar-refractivity contribution in [1.29, 1.82) is 0 Å². The number of aromatic nitrogens is 1. The van der Waals surface area contributed by atoms with Crippen LogP contribution in [0.15, 0.2) is 34.7 Å². The molecular formula is C15H15ClN2O4S2. The van der Waals surface area contributed by atoms with Crippen LogP contribution in [0.1, 0.15) is 19.3 Å². The fourth-order valence-electron chi connectivity index (χ4n) is 2.66.